The monoisotopic (exact) mass is 372 g/mol. The van der Waals surface area contributed by atoms with Crippen LogP contribution in [0.3, 0.4) is 0 Å². The quantitative estimate of drug-likeness (QED) is 0.809. The number of carbonyl (C=O) groups excluding carboxylic acids is 1. The van der Waals surface area contributed by atoms with Gasteiger partial charge in [-0.05, 0) is 12.5 Å². The Hall–Kier alpha value is -2.12. The zero-order valence-corrected chi connectivity index (χ0v) is 14.0. The predicted octanol–water partition coefficient (Wildman–Crippen LogP) is 3.72. The first-order valence-electron chi connectivity index (χ1n) is 6.68. The number of amides is 1. The number of alkyl halides is 3. The second-order valence-corrected chi connectivity index (χ2v) is 6.34. The number of thiazole rings is 1. The van der Waals surface area contributed by atoms with Crippen LogP contribution >= 0.6 is 23.1 Å². The van der Waals surface area contributed by atoms with Crippen molar-refractivity contribution in [3.05, 3.63) is 34.5 Å². The van der Waals surface area contributed by atoms with Crippen molar-refractivity contribution < 1.29 is 18.0 Å². The molecule has 0 spiro atoms. The fourth-order valence-corrected chi connectivity index (χ4v) is 3.13. The molecule has 2 aromatic rings. The van der Waals surface area contributed by atoms with E-state index in [1.165, 1.54) is 17.5 Å². The van der Waals surface area contributed by atoms with E-state index in [0.717, 1.165) is 17.8 Å². The normalized spacial score (nSPS) is 11.1. The van der Waals surface area contributed by atoms with Crippen molar-refractivity contribution in [3.8, 4) is 6.07 Å². The van der Waals surface area contributed by atoms with Gasteiger partial charge >= 0.3 is 6.18 Å². The van der Waals surface area contributed by atoms with E-state index in [0.29, 0.717) is 5.13 Å². The number of nitriles is 1. The largest absolute Gasteiger partial charge is 0.417 e. The summed E-state index contributed by atoms with van der Waals surface area (Å²) in [4.78, 5) is 19.8. The SMILES string of the molecule is CCc1cc(C(F)(F)F)c(C#N)c(SCC(=O)Nc2nccs2)n1. The van der Waals surface area contributed by atoms with Gasteiger partial charge in [0.05, 0.1) is 16.9 Å². The van der Waals surface area contributed by atoms with Crippen LogP contribution in [-0.2, 0) is 17.4 Å². The van der Waals surface area contributed by atoms with Crippen LogP contribution in [0.5, 0.6) is 0 Å². The smallest absolute Gasteiger partial charge is 0.301 e. The summed E-state index contributed by atoms with van der Waals surface area (Å²) < 4.78 is 39.3. The molecule has 24 heavy (non-hydrogen) atoms. The average molecular weight is 372 g/mol. The van der Waals surface area contributed by atoms with E-state index < -0.39 is 23.2 Å². The maximum Gasteiger partial charge on any atom is 0.417 e. The molecule has 1 N–H and O–H groups in total. The van der Waals surface area contributed by atoms with Gasteiger partial charge in [-0.25, -0.2) is 9.97 Å². The highest BCUT2D eigenvalue weighted by Gasteiger charge is 2.35. The van der Waals surface area contributed by atoms with Crippen LogP contribution in [-0.4, -0.2) is 21.6 Å². The van der Waals surface area contributed by atoms with Crippen LogP contribution in [0.15, 0.2) is 22.7 Å². The number of pyridine rings is 1. The lowest BCUT2D eigenvalue weighted by Gasteiger charge is -2.13. The second kappa shape index (κ2) is 7.63. The molecule has 2 heterocycles. The Morgan fingerprint density at radius 3 is 2.79 bits per heavy atom. The molecule has 0 fully saturated rings. The molecule has 1 amide bonds. The maximum atomic E-state index is 13.1. The third-order valence-corrected chi connectivity index (χ3v) is 4.50. The Morgan fingerprint density at radius 1 is 1.50 bits per heavy atom. The number of hydrogen-bond acceptors (Lipinski definition) is 6. The van der Waals surface area contributed by atoms with Crippen molar-refractivity contribution in [2.45, 2.75) is 24.5 Å². The molecule has 10 heteroatoms. The first-order chi connectivity index (χ1) is 11.3. The summed E-state index contributed by atoms with van der Waals surface area (Å²) in [6, 6.07) is 2.42. The molecule has 0 aliphatic heterocycles. The molecule has 0 aliphatic carbocycles. The van der Waals surface area contributed by atoms with E-state index in [9.17, 15) is 18.0 Å². The second-order valence-electron chi connectivity index (χ2n) is 4.48. The molecule has 0 radical (unpaired) electrons. The van der Waals surface area contributed by atoms with Crippen LogP contribution < -0.4 is 5.32 Å². The number of anilines is 1. The summed E-state index contributed by atoms with van der Waals surface area (Å²) in [7, 11) is 0. The minimum absolute atomic E-state index is 0.0986. The number of nitrogens with one attached hydrogen (secondary N) is 1. The first-order valence-corrected chi connectivity index (χ1v) is 8.55. The molecule has 2 aromatic heterocycles. The molecule has 2 rings (SSSR count). The Kier molecular flexibility index (Phi) is 5.80. The van der Waals surface area contributed by atoms with E-state index in [1.54, 1.807) is 18.4 Å². The minimum Gasteiger partial charge on any atom is -0.301 e. The molecule has 5 nitrogen and oxygen atoms in total. The Bertz CT molecular complexity index is 770. The highest BCUT2D eigenvalue weighted by molar-refractivity contribution is 8.00. The molecule has 0 saturated heterocycles. The lowest BCUT2D eigenvalue weighted by atomic mass is 10.1. The van der Waals surface area contributed by atoms with Crippen LogP contribution in [0.2, 0.25) is 0 Å². The summed E-state index contributed by atoms with van der Waals surface area (Å²) in [5.74, 6) is -0.609. The van der Waals surface area contributed by atoms with Gasteiger partial charge in [0.15, 0.2) is 5.13 Å². The maximum absolute atomic E-state index is 13.1. The van der Waals surface area contributed by atoms with Crippen LogP contribution in [0.1, 0.15) is 23.7 Å². The van der Waals surface area contributed by atoms with Crippen LogP contribution in [0, 0.1) is 11.3 Å². The van der Waals surface area contributed by atoms with E-state index in [2.05, 4.69) is 15.3 Å². The summed E-state index contributed by atoms with van der Waals surface area (Å²) in [6.07, 6.45) is -2.85. The summed E-state index contributed by atoms with van der Waals surface area (Å²) in [5, 5.41) is 13.6. The number of rotatable bonds is 5. The lowest BCUT2D eigenvalue weighted by molar-refractivity contribution is -0.138. The Balaban J connectivity index is 2.22. The van der Waals surface area contributed by atoms with Gasteiger partial charge in [-0.1, -0.05) is 18.7 Å². The van der Waals surface area contributed by atoms with Gasteiger partial charge in [-0.3, -0.25) is 4.79 Å². The summed E-state index contributed by atoms with van der Waals surface area (Å²) in [6.45, 7) is 1.66. The van der Waals surface area contributed by atoms with E-state index >= 15 is 0 Å². The summed E-state index contributed by atoms with van der Waals surface area (Å²) >= 11 is 2.02. The molecule has 0 saturated carbocycles. The van der Waals surface area contributed by atoms with Crippen molar-refractivity contribution in [1.29, 1.82) is 5.26 Å². The summed E-state index contributed by atoms with van der Waals surface area (Å²) in [5.41, 5.74) is -1.38. The van der Waals surface area contributed by atoms with E-state index in [-0.39, 0.29) is 22.9 Å². The molecule has 0 bridgehead atoms. The van der Waals surface area contributed by atoms with Gasteiger partial charge in [0.2, 0.25) is 5.91 Å². The number of aromatic nitrogens is 2. The number of nitrogens with zero attached hydrogens (tertiary/aromatic N) is 3. The minimum atomic E-state index is -4.66. The van der Waals surface area contributed by atoms with E-state index in [4.69, 9.17) is 5.26 Å². The predicted molar refractivity (Wildman–Crippen MR) is 84.8 cm³/mol. The average Bonchev–Trinajstić information content (AvgIpc) is 3.03. The molecular formula is C14H11F3N4OS2. The van der Waals surface area contributed by atoms with Crippen molar-refractivity contribution in [2.75, 3.05) is 11.1 Å². The van der Waals surface area contributed by atoms with Gasteiger partial charge in [-0.15, -0.1) is 11.3 Å². The van der Waals surface area contributed by atoms with Gasteiger partial charge in [-0.2, -0.15) is 18.4 Å². The number of halogens is 3. The third kappa shape index (κ3) is 4.46. The fourth-order valence-electron chi connectivity index (χ4n) is 1.76. The molecule has 0 aromatic carbocycles. The van der Waals surface area contributed by atoms with Crippen molar-refractivity contribution in [2.24, 2.45) is 0 Å². The number of aryl methyl sites for hydroxylation is 1. The molecular weight excluding hydrogens is 361 g/mol. The number of carbonyl (C=O) groups is 1. The van der Waals surface area contributed by atoms with Crippen molar-refractivity contribution in [3.63, 3.8) is 0 Å². The van der Waals surface area contributed by atoms with Crippen molar-refractivity contribution in [1.82, 2.24) is 9.97 Å². The Labute approximate surface area is 143 Å². The van der Waals surface area contributed by atoms with E-state index in [1.807, 2.05) is 0 Å². The van der Waals surface area contributed by atoms with Crippen molar-refractivity contribution >= 4 is 34.1 Å². The fraction of sp³-hybridized carbons (Fsp3) is 0.286. The highest BCUT2D eigenvalue weighted by atomic mass is 32.2. The van der Waals surface area contributed by atoms with Gasteiger partial charge in [0.25, 0.3) is 0 Å². The molecule has 126 valence electrons. The van der Waals surface area contributed by atoms with Crippen LogP contribution in [0.4, 0.5) is 18.3 Å². The zero-order valence-electron chi connectivity index (χ0n) is 12.3. The van der Waals surface area contributed by atoms with Gasteiger partial charge < -0.3 is 5.32 Å². The topological polar surface area (TPSA) is 78.7 Å². The Morgan fingerprint density at radius 2 is 2.25 bits per heavy atom. The molecule has 0 aliphatic rings. The third-order valence-electron chi connectivity index (χ3n) is 2.84. The lowest BCUT2D eigenvalue weighted by Crippen LogP contribution is -2.15. The van der Waals surface area contributed by atoms with Crippen LogP contribution in [0.25, 0.3) is 0 Å². The first kappa shape index (κ1) is 18.2. The number of hydrogen-bond donors (Lipinski definition) is 1. The molecule has 0 unspecified atom stereocenters. The zero-order chi connectivity index (χ0) is 17.7. The highest BCUT2D eigenvalue weighted by Crippen LogP contribution is 2.36. The standard InChI is InChI=1S/C14H11F3N4OS2/c1-2-8-5-10(14(15,16)17)9(6-18)12(20-8)24-7-11(22)21-13-19-3-4-23-13/h3-5H,2,7H2,1H3,(H,19,21,22). The molecule has 0 atom stereocenters. The van der Waals surface area contributed by atoms with Gasteiger partial charge in [0.1, 0.15) is 11.1 Å². The number of thioether (sulfide) groups is 1. The van der Waals surface area contributed by atoms with Gasteiger partial charge in [0, 0.05) is 17.3 Å².